The molecule has 0 aliphatic carbocycles. The van der Waals surface area contributed by atoms with Gasteiger partial charge in [0.1, 0.15) is 11.2 Å². The summed E-state index contributed by atoms with van der Waals surface area (Å²) in [6, 6.07) is 89.9. The van der Waals surface area contributed by atoms with Gasteiger partial charge in [0.05, 0.1) is 33.4 Å². The lowest BCUT2D eigenvalue weighted by atomic mass is 10.00. The monoisotopic (exact) mass is 867 g/mol. The Kier molecular flexibility index (Phi) is 8.55. The van der Waals surface area contributed by atoms with E-state index in [0.29, 0.717) is 0 Å². The van der Waals surface area contributed by atoms with E-state index >= 15 is 0 Å². The first-order chi connectivity index (χ1) is 33.7. The Morgan fingerprint density at radius 2 is 0.824 bits per heavy atom. The highest BCUT2D eigenvalue weighted by molar-refractivity contribution is 6.13. The van der Waals surface area contributed by atoms with Crippen molar-refractivity contribution in [2.45, 2.75) is 0 Å². The third kappa shape index (κ3) is 5.87. The van der Waals surface area contributed by atoms with Crippen molar-refractivity contribution in [3.05, 3.63) is 249 Å². The maximum atomic E-state index is 6.50. The second-order valence-corrected chi connectivity index (χ2v) is 17.6. The largest absolute Gasteiger partial charge is 0.455 e. The molecular formula is C64H41N3O. The molecule has 0 spiro atoms. The van der Waals surface area contributed by atoms with E-state index in [9.17, 15) is 0 Å². The number of rotatable bonds is 7. The molecule has 0 radical (unpaired) electrons. The lowest BCUT2D eigenvalue weighted by molar-refractivity contribution is 0.670. The van der Waals surface area contributed by atoms with Crippen LogP contribution in [-0.4, -0.2) is 9.13 Å². The van der Waals surface area contributed by atoms with Gasteiger partial charge < -0.3 is 18.5 Å². The Bertz CT molecular complexity index is 4200. The van der Waals surface area contributed by atoms with Crippen molar-refractivity contribution in [2.24, 2.45) is 0 Å². The minimum Gasteiger partial charge on any atom is -0.455 e. The smallest absolute Gasteiger partial charge is 0.143 e. The zero-order valence-corrected chi connectivity index (χ0v) is 36.9. The molecule has 0 aliphatic rings. The summed E-state index contributed by atoms with van der Waals surface area (Å²) in [5.74, 6) is 0. The van der Waals surface area contributed by atoms with Crippen LogP contribution in [0.4, 0.5) is 17.1 Å². The quantitative estimate of drug-likeness (QED) is 0.160. The standard InChI is InChI=1S/C64H41N3O/c1-2-15-45(16-3-1)66-57-25-10-8-21-53(57)56-41-44(33-38-62(56)66)42-29-34-46(35-30-42)65(47-36-31-43(32-37-47)48-23-14-24-55-54-22-9-13-28-63(54)68-64(48)55)60-39-40-61(52-18-5-4-17-51(52)60)67-58-26-11-6-19-49(58)50-20-7-12-27-59(50)67/h1-41H. The van der Waals surface area contributed by atoms with E-state index < -0.39 is 0 Å². The lowest BCUT2D eigenvalue weighted by Gasteiger charge is -2.28. The van der Waals surface area contributed by atoms with Gasteiger partial charge in [-0.25, -0.2) is 0 Å². The molecule has 4 nitrogen and oxygen atoms in total. The minimum absolute atomic E-state index is 0.899. The average Bonchev–Trinajstić information content (AvgIpc) is 4.07. The van der Waals surface area contributed by atoms with Gasteiger partial charge in [-0.1, -0.05) is 164 Å². The highest BCUT2D eigenvalue weighted by atomic mass is 16.3. The molecule has 68 heavy (non-hydrogen) atoms. The molecule has 0 atom stereocenters. The summed E-state index contributed by atoms with van der Waals surface area (Å²) < 4.78 is 11.3. The molecule has 3 heterocycles. The molecule has 14 aromatic rings. The van der Waals surface area contributed by atoms with Gasteiger partial charge >= 0.3 is 0 Å². The van der Waals surface area contributed by atoms with Gasteiger partial charge in [0.15, 0.2) is 0 Å². The Morgan fingerprint density at radius 3 is 1.51 bits per heavy atom. The summed E-state index contributed by atoms with van der Waals surface area (Å²) >= 11 is 0. The first-order valence-corrected chi connectivity index (χ1v) is 23.3. The van der Waals surface area contributed by atoms with Gasteiger partial charge in [0, 0.05) is 65.7 Å². The normalized spacial score (nSPS) is 11.8. The molecule has 0 fully saturated rings. The van der Waals surface area contributed by atoms with Gasteiger partial charge in [-0.3, -0.25) is 0 Å². The fourth-order valence-corrected chi connectivity index (χ4v) is 10.8. The molecular weight excluding hydrogens is 827 g/mol. The molecule has 3 aromatic heterocycles. The van der Waals surface area contributed by atoms with E-state index in [1.54, 1.807) is 0 Å². The predicted molar refractivity (Wildman–Crippen MR) is 285 cm³/mol. The molecule has 0 aliphatic heterocycles. The summed E-state index contributed by atoms with van der Waals surface area (Å²) in [5, 5.41) is 9.57. The number of hydrogen-bond donors (Lipinski definition) is 0. The van der Waals surface area contributed by atoms with Crippen LogP contribution in [0.3, 0.4) is 0 Å². The summed E-state index contributed by atoms with van der Waals surface area (Å²) in [5.41, 5.74) is 16.6. The van der Waals surface area contributed by atoms with Crippen LogP contribution in [0, 0.1) is 0 Å². The third-order valence-corrected chi connectivity index (χ3v) is 13.9. The lowest BCUT2D eigenvalue weighted by Crippen LogP contribution is -2.11. The van der Waals surface area contributed by atoms with Gasteiger partial charge in [0.25, 0.3) is 0 Å². The molecule has 0 bridgehead atoms. The maximum Gasteiger partial charge on any atom is 0.143 e. The number of anilines is 3. The highest BCUT2D eigenvalue weighted by Gasteiger charge is 2.21. The Balaban J connectivity index is 0.923. The van der Waals surface area contributed by atoms with Crippen molar-refractivity contribution in [1.29, 1.82) is 0 Å². The summed E-state index contributed by atoms with van der Waals surface area (Å²) in [6.45, 7) is 0. The van der Waals surface area contributed by atoms with E-state index in [2.05, 4.69) is 251 Å². The van der Waals surface area contributed by atoms with Crippen LogP contribution in [0.2, 0.25) is 0 Å². The predicted octanol–water partition coefficient (Wildman–Crippen LogP) is 17.7. The van der Waals surface area contributed by atoms with Crippen molar-refractivity contribution < 1.29 is 4.42 Å². The number of hydrogen-bond acceptors (Lipinski definition) is 2. The van der Waals surface area contributed by atoms with Crippen LogP contribution >= 0.6 is 0 Å². The highest BCUT2D eigenvalue weighted by Crippen LogP contribution is 2.45. The fourth-order valence-electron chi connectivity index (χ4n) is 10.8. The van der Waals surface area contributed by atoms with E-state index in [4.69, 9.17) is 4.42 Å². The van der Waals surface area contributed by atoms with Crippen LogP contribution in [0.5, 0.6) is 0 Å². The first kappa shape index (κ1) is 38.2. The first-order valence-electron chi connectivity index (χ1n) is 23.3. The van der Waals surface area contributed by atoms with Crippen LogP contribution in [-0.2, 0) is 0 Å². The Hall–Kier alpha value is -9.12. The summed E-state index contributed by atoms with van der Waals surface area (Å²) in [4.78, 5) is 2.41. The second kappa shape index (κ2) is 15.2. The SMILES string of the molecule is c1ccc(-n2c3ccccc3c3cc(-c4ccc(N(c5ccc(-c6cccc7c6oc6ccccc67)cc5)c5ccc(-n6c7ccccc7c7ccccc76)c6ccccc56)cc4)ccc32)cc1. The molecule has 0 saturated heterocycles. The topological polar surface area (TPSA) is 26.2 Å². The molecule has 11 aromatic carbocycles. The Labute approximate surface area is 392 Å². The van der Waals surface area contributed by atoms with Crippen LogP contribution in [0.15, 0.2) is 253 Å². The van der Waals surface area contributed by atoms with Crippen molar-refractivity contribution in [3.63, 3.8) is 0 Å². The Morgan fingerprint density at radius 1 is 0.309 bits per heavy atom. The van der Waals surface area contributed by atoms with Crippen molar-refractivity contribution in [2.75, 3.05) is 4.90 Å². The number of furan rings is 1. The van der Waals surface area contributed by atoms with E-state index in [1.807, 2.05) is 12.1 Å². The molecule has 0 unspecified atom stereocenters. The molecule has 14 rings (SSSR count). The molecule has 0 saturated carbocycles. The van der Waals surface area contributed by atoms with Crippen molar-refractivity contribution in [3.8, 4) is 33.6 Å². The molecule has 0 amide bonds. The zero-order chi connectivity index (χ0) is 44.7. The van der Waals surface area contributed by atoms with Crippen molar-refractivity contribution >= 4 is 93.4 Å². The summed E-state index contributed by atoms with van der Waals surface area (Å²) in [7, 11) is 0. The average molecular weight is 868 g/mol. The number of nitrogens with zero attached hydrogens (tertiary/aromatic N) is 3. The van der Waals surface area contributed by atoms with Crippen LogP contribution < -0.4 is 4.90 Å². The van der Waals surface area contributed by atoms with Crippen LogP contribution in [0.25, 0.3) is 110 Å². The minimum atomic E-state index is 0.899. The third-order valence-electron chi connectivity index (χ3n) is 13.9. The van der Waals surface area contributed by atoms with Gasteiger partial charge in [0.2, 0.25) is 0 Å². The number of aromatic nitrogens is 2. The fraction of sp³-hybridized carbons (Fsp3) is 0. The van der Waals surface area contributed by atoms with Crippen molar-refractivity contribution in [1.82, 2.24) is 9.13 Å². The van der Waals surface area contributed by atoms with E-state index in [-0.39, 0.29) is 0 Å². The second-order valence-electron chi connectivity index (χ2n) is 17.6. The number of benzene rings is 11. The van der Waals surface area contributed by atoms with E-state index in [1.165, 1.54) is 54.6 Å². The molecule has 4 heteroatoms. The zero-order valence-electron chi connectivity index (χ0n) is 36.9. The van der Waals surface area contributed by atoms with Gasteiger partial charge in [-0.2, -0.15) is 0 Å². The number of para-hydroxylation sites is 6. The van der Waals surface area contributed by atoms with E-state index in [0.717, 1.165) is 72.5 Å². The molecule has 0 N–H and O–H groups in total. The molecule has 318 valence electrons. The number of fused-ring (bicyclic) bond motifs is 10. The van der Waals surface area contributed by atoms with Gasteiger partial charge in [-0.05, 0) is 102 Å². The summed E-state index contributed by atoms with van der Waals surface area (Å²) in [6.07, 6.45) is 0. The van der Waals surface area contributed by atoms with Gasteiger partial charge in [-0.15, -0.1) is 0 Å². The maximum absolute atomic E-state index is 6.50. The van der Waals surface area contributed by atoms with Crippen LogP contribution in [0.1, 0.15) is 0 Å².